The number of hydrogen-bond donors (Lipinski definition) is 0. The van der Waals surface area contributed by atoms with Gasteiger partial charge in [0, 0.05) is 19.5 Å². The van der Waals surface area contributed by atoms with Crippen LogP contribution in [0.15, 0.2) is 0 Å². The largest absolute Gasteiger partial charge is 0.379 e. The quantitative estimate of drug-likeness (QED) is 0.505. The fraction of sp³-hybridized carbons (Fsp3) is 0.778. The van der Waals surface area contributed by atoms with Crippen molar-refractivity contribution in [3.05, 3.63) is 0 Å². The monoisotopic (exact) mass is 151 g/mol. The lowest BCUT2D eigenvalue weighted by atomic mass is 10.2. The summed E-state index contributed by atoms with van der Waals surface area (Å²) in [6, 6.07) is 0.541. The van der Waals surface area contributed by atoms with Gasteiger partial charge in [0.05, 0.1) is 19.3 Å². The van der Waals surface area contributed by atoms with Crippen molar-refractivity contribution in [3.63, 3.8) is 0 Å². The van der Waals surface area contributed by atoms with Crippen LogP contribution in [0.5, 0.6) is 0 Å². The van der Waals surface area contributed by atoms with E-state index in [0.717, 1.165) is 32.7 Å². The molecule has 1 atom stereocenters. The van der Waals surface area contributed by atoms with Gasteiger partial charge in [0.2, 0.25) is 0 Å². The van der Waals surface area contributed by atoms with Crippen LogP contribution in [0.1, 0.15) is 12.8 Å². The molecule has 1 aliphatic carbocycles. The molecule has 2 heteroatoms. The smallest absolute Gasteiger partial charge is 0.0725 e. The maximum absolute atomic E-state index is 5.27. The molecule has 1 unspecified atom stereocenters. The van der Waals surface area contributed by atoms with Crippen LogP contribution in [-0.4, -0.2) is 37.2 Å². The lowest BCUT2D eigenvalue weighted by Gasteiger charge is -2.30. The zero-order chi connectivity index (χ0) is 7.52. The zero-order valence-electron chi connectivity index (χ0n) is 6.68. The minimum atomic E-state index is 0.541. The second kappa shape index (κ2) is 3.25. The lowest BCUT2D eigenvalue weighted by molar-refractivity contribution is 0.0270. The second-order valence-electron chi connectivity index (χ2n) is 3.02. The van der Waals surface area contributed by atoms with Crippen LogP contribution in [0.4, 0.5) is 0 Å². The van der Waals surface area contributed by atoms with E-state index < -0.39 is 0 Å². The third-order valence-electron chi connectivity index (χ3n) is 2.30. The van der Waals surface area contributed by atoms with E-state index in [1.165, 1.54) is 6.42 Å². The molecule has 60 valence electrons. The van der Waals surface area contributed by atoms with Crippen LogP contribution in [0.3, 0.4) is 0 Å². The molecule has 2 aliphatic rings. The Balaban J connectivity index is 1.89. The first-order chi connectivity index (χ1) is 5.47. The van der Waals surface area contributed by atoms with Crippen LogP contribution in [-0.2, 0) is 4.74 Å². The summed E-state index contributed by atoms with van der Waals surface area (Å²) in [6.07, 6.45) is 2.29. The fourth-order valence-electron chi connectivity index (χ4n) is 1.63. The third-order valence-corrected chi connectivity index (χ3v) is 2.30. The van der Waals surface area contributed by atoms with Gasteiger partial charge in [0.25, 0.3) is 0 Å². The minimum Gasteiger partial charge on any atom is -0.379 e. The van der Waals surface area contributed by atoms with Gasteiger partial charge < -0.3 is 4.74 Å². The van der Waals surface area contributed by atoms with Gasteiger partial charge >= 0.3 is 0 Å². The van der Waals surface area contributed by atoms with E-state index in [1.54, 1.807) is 0 Å². The van der Waals surface area contributed by atoms with Crippen molar-refractivity contribution in [3.8, 4) is 11.8 Å². The predicted octanol–water partition coefficient (Wildman–Crippen LogP) is 0.484. The number of rotatable bonds is 1. The molecular weight excluding hydrogens is 138 g/mol. The van der Waals surface area contributed by atoms with Crippen LogP contribution < -0.4 is 0 Å². The van der Waals surface area contributed by atoms with Crippen molar-refractivity contribution in [2.45, 2.75) is 18.9 Å². The van der Waals surface area contributed by atoms with Crippen molar-refractivity contribution >= 4 is 0 Å². The van der Waals surface area contributed by atoms with Crippen LogP contribution in [0.25, 0.3) is 0 Å². The Hall–Kier alpha value is -0.520. The molecule has 0 spiro atoms. The van der Waals surface area contributed by atoms with E-state index in [9.17, 15) is 0 Å². The minimum absolute atomic E-state index is 0.541. The van der Waals surface area contributed by atoms with Crippen molar-refractivity contribution < 1.29 is 4.74 Å². The molecule has 1 heterocycles. The SMILES string of the molecule is C1#CC(N2CCOCC2)CC1. The summed E-state index contributed by atoms with van der Waals surface area (Å²) in [6.45, 7) is 3.91. The van der Waals surface area contributed by atoms with Crippen molar-refractivity contribution in [1.29, 1.82) is 0 Å². The highest BCUT2D eigenvalue weighted by Crippen LogP contribution is 2.12. The second-order valence-corrected chi connectivity index (χ2v) is 3.02. The molecule has 11 heavy (non-hydrogen) atoms. The van der Waals surface area contributed by atoms with Crippen LogP contribution in [0, 0.1) is 11.8 Å². The summed E-state index contributed by atoms with van der Waals surface area (Å²) in [4.78, 5) is 2.43. The van der Waals surface area contributed by atoms with E-state index in [0.29, 0.717) is 6.04 Å². The van der Waals surface area contributed by atoms with E-state index in [1.807, 2.05) is 0 Å². The Labute approximate surface area is 67.5 Å². The number of hydrogen-bond acceptors (Lipinski definition) is 2. The van der Waals surface area contributed by atoms with Crippen LogP contribution in [0.2, 0.25) is 0 Å². The Bertz CT molecular complexity index is 185. The fourth-order valence-corrected chi connectivity index (χ4v) is 1.63. The van der Waals surface area contributed by atoms with E-state index in [2.05, 4.69) is 16.7 Å². The number of nitrogens with zero attached hydrogens (tertiary/aromatic N) is 1. The lowest BCUT2D eigenvalue weighted by Crippen LogP contribution is -2.42. The average Bonchev–Trinajstić information content (AvgIpc) is 2.58. The molecule has 2 nitrogen and oxygen atoms in total. The highest BCUT2D eigenvalue weighted by atomic mass is 16.5. The Kier molecular flexibility index (Phi) is 2.11. The summed E-state index contributed by atoms with van der Waals surface area (Å²) in [5, 5.41) is 0. The van der Waals surface area contributed by atoms with E-state index in [-0.39, 0.29) is 0 Å². The maximum atomic E-state index is 5.27. The molecule has 0 bridgehead atoms. The molecule has 0 aromatic rings. The van der Waals surface area contributed by atoms with Gasteiger partial charge in [-0.25, -0.2) is 0 Å². The van der Waals surface area contributed by atoms with Crippen molar-refractivity contribution in [2.24, 2.45) is 0 Å². The standard InChI is InChI=1S/C9H13NO/c1-2-4-9(3-1)10-5-7-11-8-6-10/h9H,1,3,5-8H2. The molecule has 0 saturated carbocycles. The molecule has 0 N–H and O–H groups in total. The third kappa shape index (κ3) is 1.55. The molecule has 0 aromatic carbocycles. The average molecular weight is 151 g/mol. The first-order valence-electron chi connectivity index (χ1n) is 4.27. The summed E-state index contributed by atoms with van der Waals surface area (Å²) in [5.41, 5.74) is 0. The molecular formula is C9H13NO. The summed E-state index contributed by atoms with van der Waals surface area (Å²) in [7, 11) is 0. The summed E-state index contributed by atoms with van der Waals surface area (Å²) in [5.74, 6) is 6.38. The molecule has 0 radical (unpaired) electrons. The molecule has 1 fully saturated rings. The van der Waals surface area contributed by atoms with Gasteiger partial charge in [0.15, 0.2) is 0 Å². The number of ether oxygens (including phenoxy) is 1. The maximum Gasteiger partial charge on any atom is 0.0725 e. The van der Waals surface area contributed by atoms with Crippen molar-refractivity contribution in [1.82, 2.24) is 4.90 Å². The van der Waals surface area contributed by atoms with Gasteiger partial charge in [-0.15, -0.1) is 5.92 Å². The first kappa shape index (κ1) is 7.15. The van der Waals surface area contributed by atoms with Gasteiger partial charge in [-0.1, -0.05) is 5.92 Å². The van der Waals surface area contributed by atoms with Gasteiger partial charge in [-0.05, 0) is 6.42 Å². The highest BCUT2D eigenvalue weighted by molar-refractivity contribution is 5.15. The molecule has 1 saturated heterocycles. The first-order valence-corrected chi connectivity index (χ1v) is 4.27. The molecule has 0 aromatic heterocycles. The predicted molar refractivity (Wildman–Crippen MR) is 43.2 cm³/mol. The topological polar surface area (TPSA) is 12.5 Å². The highest BCUT2D eigenvalue weighted by Gasteiger charge is 2.20. The Morgan fingerprint density at radius 1 is 1.27 bits per heavy atom. The van der Waals surface area contributed by atoms with Gasteiger partial charge in [-0.3, -0.25) is 4.90 Å². The zero-order valence-corrected chi connectivity index (χ0v) is 6.68. The summed E-state index contributed by atoms with van der Waals surface area (Å²) >= 11 is 0. The number of morpholine rings is 1. The summed E-state index contributed by atoms with van der Waals surface area (Å²) < 4.78 is 5.27. The van der Waals surface area contributed by atoms with Crippen LogP contribution >= 0.6 is 0 Å². The molecule has 1 aliphatic heterocycles. The van der Waals surface area contributed by atoms with Gasteiger partial charge in [-0.2, -0.15) is 0 Å². The van der Waals surface area contributed by atoms with Crippen molar-refractivity contribution in [2.75, 3.05) is 26.3 Å². The van der Waals surface area contributed by atoms with E-state index in [4.69, 9.17) is 4.74 Å². The van der Waals surface area contributed by atoms with E-state index >= 15 is 0 Å². The normalized spacial score (nSPS) is 31.5. The molecule has 0 amide bonds. The van der Waals surface area contributed by atoms with Gasteiger partial charge in [0.1, 0.15) is 0 Å². The molecule has 2 rings (SSSR count). The Morgan fingerprint density at radius 2 is 2.09 bits per heavy atom. The Morgan fingerprint density at radius 3 is 2.73 bits per heavy atom.